The monoisotopic (exact) mass is 334 g/mol. The highest BCUT2D eigenvalue weighted by Crippen LogP contribution is 2.16. The first-order valence-corrected chi connectivity index (χ1v) is 7.30. The summed E-state index contributed by atoms with van der Waals surface area (Å²) in [7, 11) is 0. The van der Waals surface area contributed by atoms with Crippen molar-refractivity contribution < 1.29 is 0 Å². The van der Waals surface area contributed by atoms with E-state index in [-0.39, 0.29) is 0 Å². The summed E-state index contributed by atoms with van der Waals surface area (Å²) in [5.74, 6) is 0. The zero-order valence-corrected chi connectivity index (χ0v) is 13.0. The zero-order chi connectivity index (χ0) is 13.7. The van der Waals surface area contributed by atoms with E-state index in [1.54, 1.807) is 0 Å². The molecule has 0 aliphatic carbocycles. The van der Waals surface area contributed by atoms with Gasteiger partial charge in [-0.1, -0.05) is 41.1 Å². The highest BCUT2D eigenvalue weighted by molar-refractivity contribution is 9.10. The first kappa shape index (κ1) is 14.0. The number of halogens is 1. The molecule has 2 N–H and O–H groups in total. The maximum atomic E-state index is 5.29. The summed E-state index contributed by atoms with van der Waals surface area (Å²) in [4.78, 5) is 0. The number of benzene rings is 2. The van der Waals surface area contributed by atoms with Crippen molar-refractivity contribution in [1.82, 2.24) is 0 Å². The van der Waals surface area contributed by atoms with Gasteiger partial charge in [0.25, 0.3) is 0 Å². The topological polar surface area (TPSA) is 24.1 Å². The molecule has 0 saturated carbocycles. The van der Waals surface area contributed by atoms with Crippen LogP contribution < -0.4 is 10.6 Å². The maximum Gasteiger partial charge on any atom is 0.175 e. The Morgan fingerprint density at radius 3 is 2.37 bits per heavy atom. The molecule has 0 amide bonds. The third-order valence-electron chi connectivity index (χ3n) is 2.70. The Morgan fingerprint density at radius 2 is 1.74 bits per heavy atom. The highest BCUT2D eigenvalue weighted by atomic mass is 79.9. The van der Waals surface area contributed by atoms with Gasteiger partial charge in [-0.05, 0) is 54.5 Å². The Labute approximate surface area is 127 Å². The summed E-state index contributed by atoms with van der Waals surface area (Å²) in [6.45, 7) is 2.14. The van der Waals surface area contributed by atoms with Crippen molar-refractivity contribution >= 4 is 44.6 Å². The lowest BCUT2D eigenvalue weighted by atomic mass is 10.1. The van der Waals surface area contributed by atoms with Gasteiger partial charge in [0.15, 0.2) is 5.11 Å². The van der Waals surface area contributed by atoms with Crippen LogP contribution in [0.4, 0.5) is 11.4 Å². The first-order valence-electron chi connectivity index (χ1n) is 6.10. The predicted octanol–water partition coefficient (Wildman–Crippen LogP) is 4.82. The molecule has 4 heteroatoms. The molecule has 2 aromatic rings. The van der Waals surface area contributed by atoms with Crippen LogP contribution in [-0.4, -0.2) is 5.11 Å². The number of anilines is 2. The summed E-state index contributed by atoms with van der Waals surface area (Å²) in [5, 5.41) is 6.90. The second kappa shape index (κ2) is 6.68. The minimum Gasteiger partial charge on any atom is -0.332 e. The van der Waals surface area contributed by atoms with Gasteiger partial charge in [0.05, 0.1) is 0 Å². The van der Waals surface area contributed by atoms with Crippen molar-refractivity contribution in [3.63, 3.8) is 0 Å². The molecule has 0 atom stereocenters. The van der Waals surface area contributed by atoms with Crippen LogP contribution in [-0.2, 0) is 6.42 Å². The molecule has 0 aliphatic heterocycles. The first-order chi connectivity index (χ1) is 9.17. The normalized spacial score (nSPS) is 10.0. The van der Waals surface area contributed by atoms with Crippen molar-refractivity contribution in [2.45, 2.75) is 13.3 Å². The fourth-order valence-corrected chi connectivity index (χ4v) is 2.32. The number of rotatable bonds is 3. The Kier molecular flexibility index (Phi) is 4.93. The van der Waals surface area contributed by atoms with Crippen LogP contribution in [0.1, 0.15) is 12.5 Å². The van der Waals surface area contributed by atoms with Crippen LogP contribution >= 0.6 is 28.1 Å². The number of hydrogen-bond acceptors (Lipinski definition) is 1. The molecule has 0 aliphatic rings. The van der Waals surface area contributed by atoms with E-state index in [0.29, 0.717) is 5.11 Å². The maximum absolute atomic E-state index is 5.29. The van der Waals surface area contributed by atoms with Crippen molar-refractivity contribution in [2.75, 3.05) is 10.6 Å². The number of hydrogen-bond donors (Lipinski definition) is 2. The van der Waals surface area contributed by atoms with Gasteiger partial charge in [-0.25, -0.2) is 0 Å². The number of nitrogens with one attached hydrogen (secondary N) is 2. The second-order valence-corrected chi connectivity index (χ2v) is 5.46. The van der Waals surface area contributed by atoms with Gasteiger partial charge in [0.2, 0.25) is 0 Å². The summed E-state index contributed by atoms with van der Waals surface area (Å²) >= 11 is 8.72. The fourth-order valence-electron chi connectivity index (χ4n) is 1.68. The van der Waals surface area contributed by atoms with Gasteiger partial charge >= 0.3 is 0 Å². The number of aryl methyl sites for hydroxylation is 1. The molecule has 0 unspecified atom stereocenters. The van der Waals surface area contributed by atoms with Crippen molar-refractivity contribution in [3.05, 3.63) is 58.6 Å². The van der Waals surface area contributed by atoms with E-state index in [1.807, 2.05) is 36.4 Å². The Hall–Kier alpha value is -1.39. The zero-order valence-electron chi connectivity index (χ0n) is 10.6. The third-order valence-corrected chi connectivity index (χ3v) is 3.40. The number of thiocarbonyl (C=S) groups is 1. The van der Waals surface area contributed by atoms with Gasteiger partial charge in [0, 0.05) is 15.8 Å². The third kappa shape index (κ3) is 4.33. The van der Waals surface area contributed by atoms with Crippen molar-refractivity contribution in [2.24, 2.45) is 0 Å². The van der Waals surface area contributed by atoms with Gasteiger partial charge in [-0.3, -0.25) is 0 Å². The van der Waals surface area contributed by atoms with Gasteiger partial charge in [-0.15, -0.1) is 0 Å². The van der Waals surface area contributed by atoms with E-state index in [9.17, 15) is 0 Å². The second-order valence-electron chi connectivity index (χ2n) is 4.14. The largest absolute Gasteiger partial charge is 0.332 e. The average molecular weight is 335 g/mol. The molecular weight excluding hydrogens is 320 g/mol. The van der Waals surface area contributed by atoms with Gasteiger partial charge in [0.1, 0.15) is 0 Å². The Balaban J connectivity index is 1.97. The minimum absolute atomic E-state index is 0.586. The highest BCUT2D eigenvalue weighted by Gasteiger charge is 1.99. The Morgan fingerprint density at radius 1 is 1.05 bits per heavy atom. The molecule has 0 fully saturated rings. The molecule has 0 bridgehead atoms. The molecule has 2 rings (SSSR count). The van der Waals surface area contributed by atoms with Crippen LogP contribution in [0, 0.1) is 0 Å². The van der Waals surface area contributed by atoms with E-state index >= 15 is 0 Å². The lowest BCUT2D eigenvalue weighted by Gasteiger charge is -2.11. The van der Waals surface area contributed by atoms with Crippen molar-refractivity contribution in [1.29, 1.82) is 0 Å². The summed E-state index contributed by atoms with van der Waals surface area (Å²) in [6.07, 6.45) is 1.04. The van der Waals surface area contributed by atoms with E-state index < -0.39 is 0 Å². The molecule has 0 heterocycles. The van der Waals surface area contributed by atoms with Crippen molar-refractivity contribution in [3.8, 4) is 0 Å². The van der Waals surface area contributed by atoms with E-state index in [0.717, 1.165) is 22.3 Å². The lowest BCUT2D eigenvalue weighted by Crippen LogP contribution is -2.18. The molecule has 2 nitrogen and oxygen atoms in total. The van der Waals surface area contributed by atoms with Crippen LogP contribution in [0.2, 0.25) is 0 Å². The minimum atomic E-state index is 0.586. The standard InChI is InChI=1S/C15H15BrN2S/c1-2-11-6-8-13(9-7-11)17-15(19)18-14-5-3-4-12(16)10-14/h3-10H,2H2,1H3,(H2,17,18,19). The molecule has 0 spiro atoms. The van der Waals surface area contributed by atoms with Crippen LogP contribution in [0.5, 0.6) is 0 Å². The average Bonchev–Trinajstić information content (AvgIpc) is 2.39. The van der Waals surface area contributed by atoms with E-state index in [1.165, 1.54) is 5.56 Å². The molecule has 2 aromatic carbocycles. The molecule has 19 heavy (non-hydrogen) atoms. The molecule has 0 radical (unpaired) electrons. The van der Waals surface area contributed by atoms with Gasteiger partial charge in [-0.2, -0.15) is 0 Å². The van der Waals surface area contributed by atoms with E-state index in [2.05, 4.69) is 45.6 Å². The summed E-state index contributed by atoms with van der Waals surface area (Å²) in [5.41, 5.74) is 3.26. The quantitative estimate of drug-likeness (QED) is 0.787. The smallest absolute Gasteiger partial charge is 0.175 e. The molecular formula is C15H15BrN2S. The van der Waals surface area contributed by atoms with Crippen LogP contribution in [0.25, 0.3) is 0 Å². The fraction of sp³-hybridized carbons (Fsp3) is 0.133. The van der Waals surface area contributed by atoms with E-state index in [4.69, 9.17) is 12.2 Å². The predicted molar refractivity (Wildman–Crippen MR) is 89.8 cm³/mol. The SMILES string of the molecule is CCc1ccc(NC(=S)Nc2cccc(Br)c2)cc1. The molecule has 98 valence electrons. The molecule has 0 saturated heterocycles. The van der Waals surface area contributed by atoms with Crippen LogP contribution in [0.3, 0.4) is 0 Å². The lowest BCUT2D eigenvalue weighted by molar-refractivity contribution is 1.14. The summed E-state index contributed by atoms with van der Waals surface area (Å²) < 4.78 is 1.02. The van der Waals surface area contributed by atoms with Gasteiger partial charge < -0.3 is 10.6 Å². The Bertz CT molecular complexity index is 567. The van der Waals surface area contributed by atoms with Crippen LogP contribution in [0.15, 0.2) is 53.0 Å². The molecule has 0 aromatic heterocycles. The summed E-state index contributed by atoms with van der Waals surface area (Å²) in [6, 6.07) is 16.2.